The van der Waals surface area contributed by atoms with Crippen LogP contribution in [0.4, 0.5) is 19.0 Å². The van der Waals surface area contributed by atoms with Gasteiger partial charge in [0.15, 0.2) is 0 Å². The van der Waals surface area contributed by atoms with Gasteiger partial charge in [0.05, 0.1) is 10.5 Å². The van der Waals surface area contributed by atoms with Crippen LogP contribution in [0, 0.1) is 0 Å². The monoisotopic (exact) mass is 481 g/mol. The van der Waals surface area contributed by atoms with Crippen molar-refractivity contribution in [1.29, 1.82) is 0 Å². The smallest absolute Gasteiger partial charge is 0.355 e. The van der Waals surface area contributed by atoms with Gasteiger partial charge >= 0.3 is 6.18 Å². The maximum atomic E-state index is 12.9. The number of anilines is 1. The summed E-state index contributed by atoms with van der Waals surface area (Å²) in [5.41, 5.74) is 0.761. The van der Waals surface area contributed by atoms with Crippen LogP contribution >= 0.6 is 11.6 Å². The van der Waals surface area contributed by atoms with E-state index in [9.17, 15) is 21.6 Å². The highest BCUT2D eigenvalue weighted by Crippen LogP contribution is 2.30. The molecule has 2 aromatic carbocycles. The van der Waals surface area contributed by atoms with Crippen molar-refractivity contribution in [3.8, 4) is 11.1 Å². The summed E-state index contributed by atoms with van der Waals surface area (Å²) in [6.45, 7) is 0.796. The lowest BCUT2D eigenvalue weighted by molar-refractivity contribution is -0.137. The first-order valence-electron chi connectivity index (χ1n) is 9.78. The van der Waals surface area contributed by atoms with Gasteiger partial charge in [-0.2, -0.15) is 13.2 Å². The van der Waals surface area contributed by atoms with Crippen molar-refractivity contribution >= 4 is 27.4 Å². The third-order valence-electron chi connectivity index (χ3n) is 5.23. The fraction of sp³-hybridized carbons (Fsp3) is 0.227. The Balaban J connectivity index is 1.45. The molecule has 1 aliphatic heterocycles. The van der Waals surface area contributed by atoms with E-state index in [0.717, 1.165) is 23.4 Å². The summed E-state index contributed by atoms with van der Waals surface area (Å²) in [7, 11) is -3.79. The first kappa shape index (κ1) is 22.6. The van der Waals surface area contributed by atoms with Gasteiger partial charge in [0.2, 0.25) is 10.0 Å². The van der Waals surface area contributed by atoms with Crippen LogP contribution in [-0.2, 0) is 16.2 Å². The van der Waals surface area contributed by atoms with Gasteiger partial charge in [-0.25, -0.2) is 18.1 Å². The fourth-order valence-electron chi connectivity index (χ4n) is 3.58. The van der Waals surface area contributed by atoms with Gasteiger partial charge in [0.25, 0.3) is 0 Å². The van der Waals surface area contributed by atoms with E-state index >= 15 is 0 Å². The molecule has 1 unspecified atom stereocenters. The molecule has 4 rings (SSSR count). The van der Waals surface area contributed by atoms with Crippen LogP contribution in [0.15, 0.2) is 71.8 Å². The molecule has 0 aliphatic carbocycles. The van der Waals surface area contributed by atoms with Crippen LogP contribution in [0.1, 0.15) is 12.0 Å². The SMILES string of the molecule is O=S(=O)(NC1CCN(c2ccc(C(F)(F)F)cn2)C1)c1cccc(-c2ccc(Cl)cc2)c1. The van der Waals surface area contributed by atoms with Crippen LogP contribution in [-0.4, -0.2) is 32.5 Å². The van der Waals surface area contributed by atoms with E-state index in [1.807, 2.05) is 18.2 Å². The number of nitrogens with one attached hydrogen (secondary N) is 1. The average Bonchev–Trinajstić information content (AvgIpc) is 3.22. The second-order valence-electron chi connectivity index (χ2n) is 7.49. The minimum atomic E-state index is -4.45. The summed E-state index contributed by atoms with van der Waals surface area (Å²) >= 11 is 5.92. The van der Waals surface area contributed by atoms with Gasteiger partial charge in [-0.15, -0.1) is 0 Å². The first-order chi connectivity index (χ1) is 15.1. The predicted molar refractivity (Wildman–Crippen MR) is 117 cm³/mol. The van der Waals surface area contributed by atoms with E-state index in [1.54, 1.807) is 29.2 Å². The largest absolute Gasteiger partial charge is 0.417 e. The zero-order valence-electron chi connectivity index (χ0n) is 16.7. The summed E-state index contributed by atoms with van der Waals surface area (Å²) in [4.78, 5) is 5.78. The summed E-state index contributed by atoms with van der Waals surface area (Å²) in [5.74, 6) is 0.379. The van der Waals surface area contributed by atoms with E-state index in [0.29, 0.717) is 30.4 Å². The van der Waals surface area contributed by atoms with Crippen molar-refractivity contribution in [2.24, 2.45) is 0 Å². The van der Waals surface area contributed by atoms with Crippen LogP contribution in [0.5, 0.6) is 0 Å². The highest BCUT2D eigenvalue weighted by molar-refractivity contribution is 7.89. The van der Waals surface area contributed by atoms with E-state index in [4.69, 9.17) is 11.6 Å². The Labute approximate surface area is 188 Å². The number of hydrogen-bond donors (Lipinski definition) is 1. The van der Waals surface area contributed by atoms with Crippen molar-refractivity contribution in [2.75, 3.05) is 18.0 Å². The lowest BCUT2D eigenvalue weighted by Gasteiger charge is -2.18. The third-order valence-corrected chi connectivity index (χ3v) is 7.00. The highest BCUT2D eigenvalue weighted by Gasteiger charge is 2.32. The summed E-state index contributed by atoms with van der Waals surface area (Å²) in [6.07, 6.45) is -3.15. The van der Waals surface area contributed by atoms with E-state index in [2.05, 4.69) is 9.71 Å². The fourth-order valence-corrected chi connectivity index (χ4v) is 5.01. The van der Waals surface area contributed by atoms with Crippen molar-refractivity contribution in [3.63, 3.8) is 0 Å². The summed E-state index contributed by atoms with van der Waals surface area (Å²) in [6, 6.07) is 15.6. The number of rotatable bonds is 5. The van der Waals surface area contributed by atoms with Crippen LogP contribution in [0.25, 0.3) is 11.1 Å². The Morgan fingerprint density at radius 1 is 1.03 bits per heavy atom. The molecule has 32 heavy (non-hydrogen) atoms. The Kier molecular flexibility index (Phi) is 6.15. The lowest BCUT2D eigenvalue weighted by Crippen LogP contribution is -2.37. The topological polar surface area (TPSA) is 62.3 Å². The molecule has 0 spiro atoms. The second kappa shape index (κ2) is 8.73. The van der Waals surface area contributed by atoms with Crippen LogP contribution in [0.2, 0.25) is 5.02 Å². The Bertz CT molecular complexity index is 1200. The van der Waals surface area contributed by atoms with Gasteiger partial charge < -0.3 is 4.90 Å². The molecule has 1 N–H and O–H groups in total. The van der Waals surface area contributed by atoms with Gasteiger partial charge in [-0.05, 0) is 53.9 Å². The number of nitrogens with zero attached hydrogens (tertiary/aromatic N) is 2. The standard InChI is InChI=1S/C22H19ClF3N3O2S/c23-18-7-4-15(5-8-18)16-2-1-3-20(12-16)32(30,31)28-19-10-11-29(14-19)21-9-6-17(13-27-21)22(24,25)26/h1-9,12-13,19,28H,10-11,14H2. The van der Waals surface area contributed by atoms with Crippen molar-refractivity contribution < 1.29 is 21.6 Å². The molecule has 1 aliphatic rings. The second-order valence-corrected chi connectivity index (χ2v) is 9.64. The normalized spacial score (nSPS) is 17.0. The van der Waals surface area contributed by atoms with E-state index in [-0.39, 0.29) is 10.9 Å². The Hall–Kier alpha value is -2.62. The molecule has 10 heteroatoms. The number of sulfonamides is 1. The van der Waals surface area contributed by atoms with E-state index in [1.165, 1.54) is 12.1 Å². The van der Waals surface area contributed by atoms with Crippen LogP contribution in [0.3, 0.4) is 0 Å². The van der Waals surface area contributed by atoms with Crippen LogP contribution < -0.4 is 9.62 Å². The van der Waals surface area contributed by atoms with Gasteiger partial charge in [0, 0.05) is 30.4 Å². The molecule has 0 amide bonds. The number of alkyl halides is 3. The number of pyridine rings is 1. The van der Waals surface area contributed by atoms with E-state index < -0.39 is 21.8 Å². The molecule has 168 valence electrons. The zero-order chi connectivity index (χ0) is 22.9. The maximum absolute atomic E-state index is 12.9. The number of benzene rings is 2. The minimum Gasteiger partial charge on any atom is -0.355 e. The summed E-state index contributed by atoms with van der Waals surface area (Å²) < 4.78 is 66.7. The molecule has 2 heterocycles. The van der Waals surface area contributed by atoms with Crippen molar-refractivity contribution in [3.05, 3.63) is 77.4 Å². The maximum Gasteiger partial charge on any atom is 0.417 e. The number of aromatic nitrogens is 1. The van der Waals surface area contributed by atoms with Crippen molar-refractivity contribution in [2.45, 2.75) is 23.5 Å². The average molecular weight is 482 g/mol. The highest BCUT2D eigenvalue weighted by atomic mass is 35.5. The quantitative estimate of drug-likeness (QED) is 0.558. The van der Waals surface area contributed by atoms with Crippen molar-refractivity contribution in [1.82, 2.24) is 9.71 Å². The van der Waals surface area contributed by atoms with Gasteiger partial charge in [-0.1, -0.05) is 35.9 Å². The first-order valence-corrected chi connectivity index (χ1v) is 11.6. The molecule has 0 saturated carbocycles. The minimum absolute atomic E-state index is 0.135. The molecule has 1 fully saturated rings. The molecule has 1 aromatic heterocycles. The molecule has 0 bridgehead atoms. The number of hydrogen-bond acceptors (Lipinski definition) is 4. The molecule has 0 radical (unpaired) electrons. The zero-order valence-corrected chi connectivity index (χ0v) is 18.3. The Morgan fingerprint density at radius 2 is 1.78 bits per heavy atom. The molecule has 1 saturated heterocycles. The summed E-state index contributed by atoms with van der Waals surface area (Å²) in [5, 5.41) is 0.590. The lowest BCUT2D eigenvalue weighted by atomic mass is 10.1. The molecule has 1 atom stereocenters. The third kappa shape index (κ3) is 5.06. The number of halogens is 4. The molecule has 5 nitrogen and oxygen atoms in total. The molecular weight excluding hydrogens is 463 g/mol. The van der Waals surface area contributed by atoms with Gasteiger partial charge in [-0.3, -0.25) is 0 Å². The Morgan fingerprint density at radius 3 is 2.44 bits per heavy atom. The predicted octanol–water partition coefficient (Wildman–Crippen LogP) is 4.98. The molecular formula is C22H19ClF3N3O2S. The van der Waals surface area contributed by atoms with Gasteiger partial charge in [0.1, 0.15) is 5.82 Å². The molecule has 3 aromatic rings.